The van der Waals surface area contributed by atoms with E-state index in [9.17, 15) is 14.4 Å². The Labute approximate surface area is 371 Å². The molecule has 0 heterocycles. The van der Waals surface area contributed by atoms with Crippen LogP contribution in [0.15, 0.2) is 48.6 Å². The summed E-state index contributed by atoms with van der Waals surface area (Å²) in [5, 5.41) is 0. The molecule has 0 bridgehead atoms. The molecule has 0 aliphatic carbocycles. The molecule has 0 fully saturated rings. The predicted octanol–water partition coefficient (Wildman–Crippen LogP) is 16.7. The molecule has 0 amide bonds. The van der Waals surface area contributed by atoms with Crippen molar-refractivity contribution in [1.82, 2.24) is 0 Å². The van der Waals surface area contributed by atoms with Crippen LogP contribution in [0.1, 0.15) is 258 Å². The first kappa shape index (κ1) is 57.4. The predicted molar refractivity (Wildman–Crippen MR) is 256 cm³/mol. The SMILES string of the molecule is CC/C=C\C/C=C\CCCCC(=O)OCC(COC(=O)CCCCCCCCC/C=C\CCCCCCCC)OC(=O)CCCCCCC/C=C\CCCCCCCCC. The highest BCUT2D eigenvalue weighted by Crippen LogP contribution is 2.14. The molecular formula is C54H96O6. The van der Waals surface area contributed by atoms with E-state index >= 15 is 0 Å². The van der Waals surface area contributed by atoms with Crippen molar-refractivity contribution in [2.24, 2.45) is 0 Å². The topological polar surface area (TPSA) is 78.9 Å². The van der Waals surface area contributed by atoms with Gasteiger partial charge < -0.3 is 14.2 Å². The lowest BCUT2D eigenvalue weighted by molar-refractivity contribution is -0.167. The third-order valence-corrected chi connectivity index (χ3v) is 11.0. The molecule has 0 spiro atoms. The number of hydrogen-bond donors (Lipinski definition) is 0. The molecule has 0 aliphatic heterocycles. The summed E-state index contributed by atoms with van der Waals surface area (Å²) in [5.74, 6) is -0.934. The minimum atomic E-state index is -0.789. The van der Waals surface area contributed by atoms with Gasteiger partial charge in [0.2, 0.25) is 0 Å². The molecule has 0 aromatic heterocycles. The minimum Gasteiger partial charge on any atom is -0.462 e. The van der Waals surface area contributed by atoms with Crippen LogP contribution >= 0.6 is 0 Å². The van der Waals surface area contributed by atoms with Gasteiger partial charge >= 0.3 is 17.9 Å². The Bertz CT molecular complexity index is 1060. The third kappa shape index (κ3) is 46.4. The van der Waals surface area contributed by atoms with Gasteiger partial charge in [-0.1, -0.05) is 191 Å². The summed E-state index contributed by atoms with van der Waals surface area (Å²) in [6.45, 7) is 6.48. The van der Waals surface area contributed by atoms with E-state index in [4.69, 9.17) is 14.2 Å². The maximum absolute atomic E-state index is 12.8. The van der Waals surface area contributed by atoms with E-state index in [1.54, 1.807) is 0 Å². The summed E-state index contributed by atoms with van der Waals surface area (Å²) in [4.78, 5) is 37.8. The second-order valence-electron chi connectivity index (χ2n) is 17.0. The Morgan fingerprint density at radius 2 is 0.650 bits per heavy atom. The van der Waals surface area contributed by atoms with Crippen molar-refractivity contribution < 1.29 is 28.6 Å². The molecule has 348 valence electrons. The smallest absolute Gasteiger partial charge is 0.306 e. The highest BCUT2D eigenvalue weighted by atomic mass is 16.6. The van der Waals surface area contributed by atoms with E-state index in [2.05, 4.69) is 69.4 Å². The van der Waals surface area contributed by atoms with Crippen molar-refractivity contribution in [2.75, 3.05) is 13.2 Å². The Morgan fingerprint density at radius 3 is 1.05 bits per heavy atom. The van der Waals surface area contributed by atoms with Crippen LogP contribution in [0.5, 0.6) is 0 Å². The Balaban J connectivity index is 4.34. The average Bonchev–Trinajstić information content (AvgIpc) is 3.24. The van der Waals surface area contributed by atoms with Gasteiger partial charge in [-0.05, 0) is 96.3 Å². The zero-order valence-corrected chi connectivity index (χ0v) is 39.7. The van der Waals surface area contributed by atoms with Gasteiger partial charge in [0, 0.05) is 19.3 Å². The van der Waals surface area contributed by atoms with Crippen molar-refractivity contribution in [2.45, 2.75) is 264 Å². The van der Waals surface area contributed by atoms with Crippen molar-refractivity contribution in [3.63, 3.8) is 0 Å². The van der Waals surface area contributed by atoms with Gasteiger partial charge in [-0.25, -0.2) is 0 Å². The standard InChI is InChI=1S/C54H96O6/c1-4-7-10-13-16-19-21-23-25-27-29-30-32-35-38-41-44-47-53(56)59-50-51(49-58-52(55)46-43-40-37-34-18-15-12-9-6-3)60-54(57)48-45-42-39-36-33-31-28-26-24-22-20-17-14-11-8-5-2/h9,12,18,23,25-26,28,34,51H,4-8,10-11,13-17,19-22,24,27,29-33,35-50H2,1-3H3/b12-9-,25-23-,28-26-,34-18-. The van der Waals surface area contributed by atoms with Gasteiger partial charge in [0.05, 0.1) is 0 Å². The molecule has 6 nitrogen and oxygen atoms in total. The maximum atomic E-state index is 12.8. The molecule has 0 aromatic rings. The Hall–Kier alpha value is -2.63. The minimum absolute atomic E-state index is 0.0883. The van der Waals surface area contributed by atoms with Crippen LogP contribution in [-0.4, -0.2) is 37.2 Å². The highest BCUT2D eigenvalue weighted by Gasteiger charge is 2.19. The van der Waals surface area contributed by atoms with Crippen molar-refractivity contribution in [3.05, 3.63) is 48.6 Å². The molecule has 0 saturated heterocycles. The summed E-state index contributed by atoms with van der Waals surface area (Å²) >= 11 is 0. The van der Waals surface area contributed by atoms with Gasteiger partial charge in [-0.3, -0.25) is 14.4 Å². The molecule has 0 aromatic carbocycles. The lowest BCUT2D eigenvalue weighted by atomic mass is 10.1. The zero-order chi connectivity index (χ0) is 43.7. The van der Waals surface area contributed by atoms with E-state index in [0.717, 1.165) is 83.5 Å². The number of ether oxygens (including phenoxy) is 3. The summed E-state index contributed by atoms with van der Waals surface area (Å²) < 4.78 is 16.7. The number of hydrogen-bond acceptors (Lipinski definition) is 6. The average molecular weight is 841 g/mol. The maximum Gasteiger partial charge on any atom is 0.306 e. The molecule has 0 rings (SSSR count). The second-order valence-corrected chi connectivity index (χ2v) is 17.0. The molecule has 0 radical (unpaired) electrons. The molecule has 0 saturated carbocycles. The molecular weight excluding hydrogens is 745 g/mol. The molecule has 0 N–H and O–H groups in total. The van der Waals surface area contributed by atoms with Crippen LogP contribution in [0.25, 0.3) is 0 Å². The first-order valence-electron chi connectivity index (χ1n) is 25.6. The summed E-state index contributed by atoms with van der Waals surface area (Å²) in [7, 11) is 0. The lowest BCUT2D eigenvalue weighted by Crippen LogP contribution is -2.30. The van der Waals surface area contributed by atoms with Crippen molar-refractivity contribution >= 4 is 17.9 Å². The first-order chi connectivity index (χ1) is 29.5. The third-order valence-electron chi connectivity index (χ3n) is 11.0. The van der Waals surface area contributed by atoms with E-state index in [1.165, 1.54) is 135 Å². The van der Waals surface area contributed by atoms with Crippen LogP contribution in [0.2, 0.25) is 0 Å². The largest absolute Gasteiger partial charge is 0.462 e. The van der Waals surface area contributed by atoms with E-state index in [0.29, 0.717) is 19.3 Å². The second kappa shape index (κ2) is 49.0. The molecule has 6 heteroatoms. The lowest BCUT2D eigenvalue weighted by Gasteiger charge is -2.18. The van der Waals surface area contributed by atoms with Gasteiger partial charge in [0.1, 0.15) is 13.2 Å². The van der Waals surface area contributed by atoms with Gasteiger partial charge in [-0.2, -0.15) is 0 Å². The van der Waals surface area contributed by atoms with Gasteiger partial charge in [0.25, 0.3) is 0 Å². The van der Waals surface area contributed by atoms with Crippen molar-refractivity contribution in [3.8, 4) is 0 Å². The molecule has 60 heavy (non-hydrogen) atoms. The van der Waals surface area contributed by atoms with Gasteiger partial charge in [-0.15, -0.1) is 0 Å². The molecule has 0 aliphatic rings. The fourth-order valence-corrected chi connectivity index (χ4v) is 7.17. The van der Waals surface area contributed by atoms with Crippen LogP contribution < -0.4 is 0 Å². The van der Waals surface area contributed by atoms with Gasteiger partial charge in [0.15, 0.2) is 6.10 Å². The Morgan fingerprint density at radius 1 is 0.350 bits per heavy atom. The van der Waals surface area contributed by atoms with Crippen LogP contribution in [0, 0.1) is 0 Å². The highest BCUT2D eigenvalue weighted by molar-refractivity contribution is 5.71. The fourth-order valence-electron chi connectivity index (χ4n) is 7.17. The number of rotatable bonds is 46. The summed E-state index contributed by atoms with van der Waals surface area (Å²) in [5.41, 5.74) is 0. The summed E-state index contributed by atoms with van der Waals surface area (Å²) in [6.07, 6.45) is 58.2. The molecule has 1 unspecified atom stereocenters. The zero-order valence-electron chi connectivity index (χ0n) is 39.7. The van der Waals surface area contributed by atoms with E-state index in [1.807, 2.05) is 0 Å². The first-order valence-corrected chi connectivity index (χ1v) is 25.6. The van der Waals surface area contributed by atoms with Crippen LogP contribution in [-0.2, 0) is 28.6 Å². The van der Waals surface area contributed by atoms with E-state index in [-0.39, 0.29) is 31.1 Å². The number of allylic oxidation sites excluding steroid dienone is 8. The Kier molecular flexibility index (Phi) is 46.9. The number of carbonyl (C=O) groups is 3. The summed E-state index contributed by atoms with van der Waals surface area (Å²) in [6, 6.07) is 0. The number of carbonyl (C=O) groups excluding carboxylic acids is 3. The van der Waals surface area contributed by atoms with Crippen LogP contribution in [0.4, 0.5) is 0 Å². The number of unbranched alkanes of at least 4 members (excludes halogenated alkanes) is 27. The monoisotopic (exact) mass is 841 g/mol. The quantitative estimate of drug-likeness (QED) is 0.0263. The fraction of sp³-hybridized carbons (Fsp3) is 0.796. The number of esters is 3. The van der Waals surface area contributed by atoms with E-state index < -0.39 is 6.10 Å². The van der Waals surface area contributed by atoms with Crippen molar-refractivity contribution in [1.29, 1.82) is 0 Å². The normalized spacial score (nSPS) is 12.4. The molecule has 1 atom stereocenters. The van der Waals surface area contributed by atoms with Crippen LogP contribution in [0.3, 0.4) is 0 Å².